The van der Waals surface area contributed by atoms with Crippen LogP contribution in [0.25, 0.3) is 0 Å². The van der Waals surface area contributed by atoms with Crippen LogP contribution < -0.4 is 5.73 Å². The Balaban J connectivity index is 2.00. The van der Waals surface area contributed by atoms with Crippen LogP contribution in [-0.4, -0.2) is 55.8 Å². The molecule has 0 unspecified atom stereocenters. The van der Waals surface area contributed by atoms with E-state index in [1.54, 1.807) is 7.11 Å². The van der Waals surface area contributed by atoms with Gasteiger partial charge in [-0.15, -0.1) is 0 Å². The van der Waals surface area contributed by atoms with Gasteiger partial charge in [0.05, 0.1) is 4.99 Å². The molecule has 0 bridgehead atoms. The van der Waals surface area contributed by atoms with Crippen LogP contribution in [0, 0.1) is 11.3 Å². The highest BCUT2D eigenvalue weighted by molar-refractivity contribution is 7.80. The summed E-state index contributed by atoms with van der Waals surface area (Å²) in [4.78, 5) is 15.1. The number of likely N-dealkylation sites (tertiary alicyclic amines) is 1. The molecule has 20 heavy (non-hydrogen) atoms. The maximum absolute atomic E-state index is 12.9. The first-order valence-electron chi connectivity index (χ1n) is 7.26. The maximum atomic E-state index is 12.9. The Hall–Kier alpha value is -0.720. The molecule has 6 heteroatoms. The molecule has 2 saturated heterocycles. The Labute approximate surface area is 125 Å². The van der Waals surface area contributed by atoms with Crippen molar-refractivity contribution >= 4 is 23.1 Å². The van der Waals surface area contributed by atoms with Gasteiger partial charge in [0.1, 0.15) is 5.41 Å². The minimum Gasteiger partial charge on any atom is -0.392 e. The van der Waals surface area contributed by atoms with Crippen LogP contribution in [0.2, 0.25) is 0 Å². The zero-order valence-electron chi connectivity index (χ0n) is 12.1. The lowest BCUT2D eigenvalue weighted by Gasteiger charge is -2.41. The molecule has 0 aromatic carbocycles. The van der Waals surface area contributed by atoms with Gasteiger partial charge in [-0.1, -0.05) is 12.2 Å². The molecule has 1 amide bonds. The van der Waals surface area contributed by atoms with Crippen molar-refractivity contribution in [2.24, 2.45) is 17.1 Å². The smallest absolute Gasteiger partial charge is 0.235 e. The third-order valence-corrected chi connectivity index (χ3v) is 4.92. The predicted molar refractivity (Wildman–Crippen MR) is 80.5 cm³/mol. The van der Waals surface area contributed by atoms with Gasteiger partial charge >= 0.3 is 0 Å². The third kappa shape index (κ3) is 3.13. The molecule has 0 saturated carbocycles. The second kappa shape index (κ2) is 6.83. The number of hydrogen-bond acceptors (Lipinski definition) is 4. The molecule has 0 spiro atoms. The van der Waals surface area contributed by atoms with Gasteiger partial charge in [-0.05, 0) is 31.6 Å². The molecule has 114 valence electrons. The normalized spacial score (nSPS) is 23.6. The summed E-state index contributed by atoms with van der Waals surface area (Å²) >= 11 is 5.19. The van der Waals surface area contributed by atoms with Gasteiger partial charge in [-0.25, -0.2) is 0 Å². The van der Waals surface area contributed by atoms with Gasteiger partial charge in [0.15, 0.2) is 0 Å². The van der Waals surface area contributed by atoms with Crippen molar-refractivity contribution in [3.05, 3.63) is 0 Å². The van der Waals surface area contributed by atoms with E-state index in [9.17, 15) is 4.79 Å². The first-order chi connectivity index (χ1) is 9.60. The van der Waals surface area contributed by atoms with E-state index < -0.39 is 5.41 Å². The van der Waals surface area contributed by atoms with Crippen LogP contribution in [0.3, 0.4) is 0 Å². The fourth-order valence-corrected chi connectivity index (χ4v) is 3.42. The molecule has 2 heterocycles. The average molecular weight is 300 g/mol. The molecular formula is C14H24N2O3S. The fourth-order valence-electron chi connectivity index (χ4n) is 3.13. The van der Waals surface area contributed by atoms with Gasteiger partial charge in [0, 0.05) is 40.0 Å². The first kappa shape index (κ1) is 15.7. The summed E-state index contributed by atoms with van der Waals surface area (Å²) in [6.45, 7) is 3.44. The van der Waals surface area contributed by atoms with Crippen molar-refractivity contribution in [3.8, 4) is 0 Å². The Morgan fingerprint density at radius 1 is 1.40 bits per heavy atom. The van der Waals surface area contributed by atoms with E-state index in [0.717, 1.165) is 32.5 Å². The minimum atomic E-state index is -0.679. The molecular weight excluding hydrogens is 276 g/mol. The van der Waals surface area contributed by atoms with Crippen LogP contribution in [0.4, 0.5) is 0 Å². The van der Waals surface area contributed by atoms with E-state index >= 15 is 0 Å². The Bertz CT molecular complexity index is 361. The highest BCUT2D eigenvalue weighted by Crippen LogP contribution is 2.34. The molecule has 0 aliphatic carbocycles. The number of nitrogens with zero attached hydrogens (tertiary/aromatic N) is 1. The lowest BCUT2D eigenvalue weighted by Crippen LogP contribution is -2.54. The number of methoxy groups -OCH3 is 1. The average Bonchev–Trinajstić information content (AvgIpc) is 2.48. The maximum Gasteiger partial charge on any atom is 0.235 e. The van der Waals surface area contributed by atoms with Crippen LogP contribution >= 0.6 is 12.2 Å². The molecule has 2 rings (SSSR count). The second-order valence-corrected chi connectivity index (χ2v) is 6.19. The monoisotopic (exact) mass is 300 g/mol. The number of carbonyl (C=O) groups excluding carboxylic acids is 1. The van der Waals surface area contributed by atoms with E-state index in [4.69, 9.17) is 27.4 Å². The van der Waals surface area contributed by atoms with E-state index in [0.29, 0.717) is 37.0 Å². The standard InChI is InChI=1S/C14H24N2O3S/c1-18-10-11-2-6-16(7-3-11)13(17)14(12(15)20)4-8-19-9-5-14/h11H,2-10H2,1H3,(H2,15,20). The SMILES string of the molecule is COCC1CCN(C(=O)C2(C(N)=S)CCOCC2)CC1. The third-order valence-electron chi connectivity index (χ3n) is 4.53. The zero-order valence-corrected chi connectivity index (χ0v) is 12.9. The minimum absolute atomic E-state index is 0.101. The van der Waals surface area contributed by atoms with Crippen molar-refractivity contribution < 1.29 is 14.3 Å². The summed E-state index contributed by atoms with van der Waals surface area (Å²) in [7, 11) is 1.72. The number of carbonyl (C=O) groups is 1. The molecule has 5 nitrogen and oxygen atoms in total. The van der Waals surface area contributed by atoms with E-state index in [-0.39, 0.29) is 5.91 Å². The van der Waals surface area contributed by atoms with Gasteiger partial charge in [0.25, 0.3) is 0 Å². The lowest BCUT2D eigenvalue weighted by atomic mass is 9.78. The second-order valence-electron chi connectivity index (χ2n) is 5.75. The van der Waals surface area contributed by atoms with Crippen LogP contribution in [0.1, 0.15) is 25.7 Å². The molecule has 2 aliphatic heterocycles. The molecule has 0 radical (unpaired) electrons. The quantitative estimate of drug-likeness (QED) is 0.783. The largest absolute Gasteiger partial charge is 0.392 e. The van der Waals surface area contributed by atoms with Gasteiger partial charge in [-0.3, -0.25) is 4.79 Å². The summed E-state index contributed by atoms with van der Waals surface area (Å²) in [6, 6.07) is 0. The number of rotatable bonds is 4. The highest BCUT2D eigenvalue weighted by Gasteiger charge is 2.45. The molecule has 2 fully saturated rings. The van der Waals surface area contributed by atoms with Crippen LogP contribution in [0.5, 0.6) is 0 Å². The first-order valence-corrected chi connectivity index (χ1v) is 7.67. The van der Waals surface area contributed by atoms with Crippen molar-refractivity contribution in [1.82, 2.24) is 4.90 Å². The van der Waals surface area contributed by atoms with Crippen molar-refractivity contribution in [2.75, 3.05) is 40.0 Å². The number of nitrogens with two attached hydrogens (primary N) is 1. The fraction of sp³-hybridized carbons (Fsp3) is 0.857. The summed E-state index contributed by atoms with van der Waals surface area (Å²) in [6.07, 6.45) is 3.20. The number of hydrogen-bond donors (Lipinski definition) is 1. The highest BCUT2D eigenvalue weighted by atomic mass is 32.1. The van der Waals surface area contributed by atoms with E-state index in [1.807, 2.05) is 4.90 Å². The van der Waals surface area contributed by atoms with E-state index in [2.05, 4.69) is 0 Å². The lowest BCUT2D eigenvalue weighted by molar-refractivity contribution is -0.144. The van der Waals surface area contributed by atoms with Crippen LogP contribution in [-0.2, 0) is 14.3 Å². The Morgan fingerprint density at radius 2 is 2.00 bits per heavy atom. The van der Waals surface area contributed by atoms with Crippen LogP contribution in [0.15, 0.2) is 0 Å². The van der Waals surface area contributed by atoms with E-state index in [1.165, 1.54) is 0 Å². The molecule has 2 N–H and O–H groups in total. The Kier molecular flexibility index (Phi) is 5.35. The molecule has 0 aromatic heterocycles. The molecule has 2 aliphatic rings. The summed E-state index contributed by atoms with van der Waals surface area (Å²) in [5.41, 5.74) is 5.21. The van der Waals surface area contributed by atoms with Gasteiger partial charge < -0.3 is 20.1 Å². The van der Waals surface area contributed by atoms with Gasteiger partial charge in [-0.2, -0.15) is 0 Å². The number of thiocarbonyl (C=S) groups is 1. The van der Waals surface area contributed by atoms with Gasteiger partial charge in [0.2, 0.25) is 5.91 Å². The Morgan fingerprint density at radius 3 is 2.50 bits per heavy atom. The van der Waals surface area contributed by atoms with Crippen molar-refractivity contribution in [1.29, 1.82) is 0 Å². The topological polar surface area (TPSA) is 64.8 Å². The number of piperidine rings is 1. The number of ether oxygens (including phenoxy) is 2. The molecule has 0 atom stereocenters. The zero-order chi connectivity index (χ0) is 14.6. The van der Waals surface area contributed by atoms with Crippen molar-refractivity contribution in [2.45, 2.75) is 25.7 Å². The summed E-state index contributed by atoms with van der Waals surface area (Å²) in [5, 5.41) is 0. The summed E-state index contributed by atoms with van der Waals surface area (Å²) in [5.74, 6) is 0.656. The summed E-state index contributed by atoms with van der Waals surface area (Å²) < 4.78 is 10.5. The van der Waals surface area contributed by atoms with Crippen molar-refractivity contribution in [3.63, 3.8) is 0 Å². The molecule has 0 aromatic rings. The predicted octanol–water partition coefficient (Wildman–Crippen LogP) is 0.954. The number of amides is 1.